The lowest BCUT2D eigenvalue weighted by atomic mass is 10.2. The Hall–Kier alpha value is -0.0900. The van der Waals surface area contributed by atoms with Crippen molar-refractivity contribution < 1.29 is 5.11 Å². The summed E-state index contributed by atoms with van der Waals surface area (Å²) in [7, 11) is 0. The van der Waals surface area contributed by atoms with Crippen LogP contribution in [-0.2, 0) is 6.54 Å². The van der Waals surface area contributed by atoms with E-state index >= 15 is 0 Å². The van der Waals surface area contributed by atoms with Gasteiger partial charge in [0.05, 0.1) is 11.6 Å². The molecule has 1 atom stereocenters. The van der Waals surface area contributed by atoms with Crippen LogP contribution in [0.4, 0.5) is 0 Å². The second-order valence-corrected chi connectivity index (χ2v) is 4.68. The molecule has 0 bridgehead atoms. The van der Waals surface area contributed by atoms with Gasteiger partial charge in [0.1, 0.15) is 0 Å². The second kappa shape index (κ2) is 6.48. The van der Waals surface area contributed by atoms with Crippen molar-refractivity contribution in [1.29, 1.82) is 0 Å². The first-order valence-electron chi connectivity index (χ1n) is 4.95. The van der Waals surface area contributed by atoms with E-state index in [0.29, 0.717) is 5.02 Å². The third-order valence-corrected chi connectivity index (χ3v) is 3.52. The predicted molar refractivity (Wildman–Crippen MR) is 67.2 cm³/mol. The van der Waals surface area contributed by atoms with Gasteiger partial charge >= 0.3 is 0 Å². The van der Waals surface area contributed by atoms with Gasteiger partial charge < -0.3 is 10.4 Å². The van der Waals surface area contributed by atoms with E-state index in [1.165, 1.54) is 0 Å². The zero-order valence-electron chi connectivity index (χ0n) is 8.63. The van der Waals surface area contributed by atoms with Gasteiger partial charge in [-0.25, -0.2) is 0 Å². The Morgan fingerprint density at radius 2 is 2.27 bits per heavy atom. The molecule has 0 saturated heterocycles. The summed E-state index contributed by atoms with van der Waals surface area (Å²) in [6, 6.07) is 6.02. The summed E-state index contributed by atoms with van der Waals surface area (Å²) in [5.74, 6) is 0. The molecule has 1 aromatic rings. The fourth-order valence-corrected chi connectivity index (χ4v) is 1.70. The van der Waals surface area contributed by atoms with Crippen molar-refractivity contribution in [1.82, 2.24) is 5.32 Å². The number of nitrogens with one attached hydrogen (secondary N) is 1. The minimum absolute atomic E-state index is 0.160. The second-order valence-electron chi connectivity index (χ2n) is 3.42. The van der Waals surface area contributed by atoms with Crippen LogP contribution >= 0.6 is 27.5 Å². The molecule has 1 rings (SSSR count). The molecular formula is C11H15BrClNO. The Balaban J connectivity index is 2.54. The Labute approximate surface area is 104 Å². The lowest BCUT2D eigenvalue weighted by Gasteiger charge is -2.14. The van der Waals surface area contributed by atoms with Crippen LogP contribution in [-0.4, -0.2) is 17.8 Å². The maximum Gasteiger partial charge on any atom is 0.0584 e. The van der Waals surface area contributed by atoms with Crippen LogP contribution in [0.5, 0.6) is 0 Å². The van der Waals surface area contributed by atoms with E-state index in [1.54, 1.807) is 0 Å². The number of rotatable bonds is 5. The minimum atomic E-state index is 0.160. The summed E-state index contributed by atoms with van der Waals surface area (Å²) in [6.45, 7) is 2.94. The van der Waals surface area contributed by atoms with Crippen molar-refractivity contribution in [3.63, 3.8) is 0 Å². The molecule has 15 heavy (non-hydrogen) atoms. The smallest absolute Gasteiger partial charge is 0.0584 e. The van der Waals surface area contributed by atoms with E-state index in [4.69, 9.17) is 16.7 Å². The van der Waals surface area contributed by atoms with Crippen LogP contribution in [0.2, 0.25) is 5.02 Å². The molecule has 84 valence electrons. The number of hydrogen-bond donors (Lipinski definition) is 2. The summed E-state index contributed by atoms with van der Waals surface area (Å²) < 4.78 is 0.905. The van der Waals surface area contributed by atoms with Crippen LogP contribution in [0, 0.1) is 0 Å². The molecule has 0 heterocycles. The summed E-state index contributed by atoms with van der Waals surface area (Å²) in [5.41, 5.74) is 1.12. The van der Waals surface area contributed by atoms with Crippen molar-refractivity contribution in [3.05, 3.63) is 33.3 Å². The standard InChI is InChI=1S/C11H15BrClNO/c1-2-9(7-15)14-6-8-3-4-10(12)11(13)5-8/h3-5,9,14-15H,2,6-7H2,1H3/t9-/m0/s1. The molecule has 2 nitrogen and oxygen atoms in total. The number of aliphatic hydroxyl groups excluding tert-OH is 1. The Bertz CT molecular complexity index is 315. The lowest BCUT2D eigenvalue weighted by molar-refractivity contribution is 0.238. The predicted octanol–water partition coefficient (Wildman–Crippen LogP) is 2.96. The van der Waals surface area contributed by atoms with Crippen LogP contribution in [0.3, 0.4) is 0 Å². The van der Waals surface area contributed by atoms with Crippen molar-refractivity contribution in [2.45, 2.75) is 25.9 Å². The van der Waals surface area contributed by atoms with Crippen LogP contribution in [0.25, 0.3) is 0 Å². The van der Waals surface area contributed by atoms with Crippen LogP contribution < -0.4 is 5.32 Å². The summed E-state index contributed by atoms with van der Waals surface area (Å²) in [5, 5.41) is 13.0. The van der Waals surface area contributed by atoms with Crippen molar-refractivity contribution in [2.75, 3.05) is 6.61 Å². The molecule has 0 aromatic heterocycles. The highest BCUT2D eigenvalue weighted by atomic mass is 79.9. The molecule has 0 radical (unpaired) electrons. The molecule has 0 amide bonds. The lowest BCUT2D eigenvalue weighted by Crippen LogP contribution is -2.31. The van der Waals surface area contributed by atoms with Gasteiger partial charge in [-0.05, 0) is 40.0 Å². The first-order valence-corrected chi connectivity index (χ1v) is 6.12. The summed E-state index contributed by atoms with van der Waals surface area (Å²) in [6.07, 6.45) is 0.917. The number of aliphatic hydroxyl groups is 1. The van der Waals surface area contributed by atoms with Gasteiger partial charge in [-0.2, -0.15) is 0 Å². The Morgan fingerprint density at radius 1 is 1.53 bits per heavy atom. The minimum Gasteiger partial charge on any atom is -0.395 e. The molecule has 0 unspecified atom stereocenters. The highest BCUT2D eigenvalue weighted by Gasteiger charge is 2.04. The van der Waals surface area contributed by atoms with E-state index in [0.717, 1.165) is 23.0 Å². The van der Waals surface area contributed by atoms with Gasteiger partial charge in [0.25, 0.3) is 0 Å². The highest BCUT2D eigenvalue weighted by Crippen LogP contribution is 2.23. The Kier molecular flexibility index (Phi) is 5.61. The third kappa shape index (κ3) is 4.11. The van der Waals surface area contributed by atoms with E-state index in [-0.39, 0.29) is 12.6 Å². The molecule has 0 fully saturated rings. The van der Waals surface area contributed by atoms with Crippen molar-refractivity contribution in [2.24, 2.45) is 0 Å². The normalized spacial score (nSPS) is 12.8. The van der Waals surface area contributed by atoms with E-state index < -0.39 is 0 Å². The van der Waals surface area contributed by atoms with E-state index in [2.05, 4.69) is 21.2 Å². The molecule has 0 spiro atoms. The fourth-order valence-electron chi connectivity index (χ4n) is 1.25. The van der Waals surface area contributed by atoms with Gasteiger partial charge in [-0.1, -0.05) is 24.6 Å². The topological polar surface area (TPSA) is 32.3 Å². The molecule has 0 aliphatic carbocycles. The molecule has 0 saturated carbocycles. The zero-order valence-corrected chi connectivity index (χ0v) is 11.0. The maximum absolute atomic E-state index is 9.01. The van der Waals surface area contributed by atoms with Gasteiger partial charge in [-0.3, -0.25) is 0 Å². The summed E-state index contributed by atoms with van der Waals surface area (Å²) in [4.78, 5) is 0. The quantitative estimate of drug-likeness (QED) is 0.874. The Morgan fingerprint density at radius 3 is 2.80 bits per heavy atom. The molecule has 0 aliphatic rings. The van der Waals surface area contributed by atoms with Gasteiger partial charge in [0.15, 0.2) is 0 Å². The van der Waals surface area contributed by atoms with Crippen LogP contribution in [0.1, 0.15) is 18.9 Å². The molecule has 2 N–H and O–H groups in total. The third-order valence-electron chi connectivity index (χ3n) is 2.29. The number of hydrogen-bond acceptors (Lipinski definition) is 2. The first-order chi connectivity index (χ1) is 7.17. The van der Waals surface area contributed by atoms with Gasteiger partial charge in [-0.15, -0.1) is 0 Å². The molecular weight excluding hydrogens is 277 g/mol. The first kappa shape index (κ1) is 13.0. The SMILES string of the molecule is CC[C@@H](CO)NCc1ccc(Br)c(Cl)c1. The van der Waals surface area contributed by atoms with Crippen molar-refractivity contribution >= 4 is 27.5 Å². The number of benzene rings is 1. The average molecular weight is 293 g/mol. The number of halogens is 2. The molecule has 0 aliphatic heterocycles. The maximum atomic E-state index is 9.01. The van der Waals surface area contributed by atoms with Crippen LogP contribution in [0.15, 0.2) is 22.7 Å². The average Bonchev–Trinajstić information content (AvgIpc) is 2.24. The van der Waals surface area contributed by atoms with Gasteiger partial charge in [0.2, 0.25) is 0 Å². The highest BCUT2D eigenvalue weighted by molar-refractivity contribution is 9.10. The monoisotopic (exact) mass is 291 g/mol. The largest absolute Gasteiger partial charge is 0.395 e. The van der Waals surface area contributed by atoms with Crippen molar-refractivity contribution in [3.8, 4) is 0 Å². The van der Waals surface area contributed by atoms with E-state index in [9.17, 15) is 0 Å². The van der Waals surface area contributed by atoms with E-state index in [1.807, 2.05) is 25.1 Å². The summed E-state index contributed by atoms with van der Waals surface area (Å²) >= 11 is 9.32. The molecule has 4 heteroatoms. The molecule has 1 aromatic carbocycles. The van der Waals surface area contributed by atoms with Gasteiger partial charge in [0, 0.05) is 17.1 Å². The zero-order chi connectivity index (χ0) is 11.3. The fraction of sp³-hybridized carbons (Fsp3) is 0.455.